The van der Waals surface area contributed by atoms with Crippen LogP contribution in [-0.2, 0) is 13.0 Å². The van der Waals surface area contributed by atoms with Crippen LogP contribution in [0.5, 0.6) is 5.75 Å². The van der Waals surface area contributed by atoms with Crippen molar-refractivity contribution in [3.05, 3.63) is 71.4 Å². The summed E-state index contributed by atoms with van der Waals surface area (Å²) in [4.78, 5) is 11.0. The fraction of sp³-hybridized carbons (Fsp3) is 0.238. The first-order chi connectivity index (χ1) is 14.1. The molecule has 0 fully saturated rings. The Bertz CT molecular complexity index is 1070. The topological polar surface area (TPSA) is 93.0 Å². The lowest BCUT2D eigenvalue weighted by Gasteiger charge is -2.16. The van der Waals surface area contributed by atoms with Gasteiger partial charge in [0.25, 0.3) is 5.89 Å². The molecule has 0 aliphatic rings. The molecule has 0 radical (unpaired) electrons. The molecule has 29 heavy (non-hydrogen) atoms. The molecule has 148 valence electrons. The lowest BCUT2D eigenvalue weighted by Crippen LogP contribution is -2.17. The number of pyridine rings is 1. The molecule has 4 aromatic rings. The van der Waals surface area contributed by atoms with Crippen LogP contribution in [0.25, 0.3) is 11.5 Å². The predicted molar refractivity (Wildman–Crippen MR) is 109 cm³/mol. The molecule has 0 amide bonds. The molecule has 1 aromatic carbocycles. The zero-order chi connectivity index (χ0) is 20.2. The molecule has 0 spiro atoms. The van der Waals surface area contributed by atoms with Gasteiger partial charge in [0.05, 0.1) is 24.9 Å². The van der Waals surface area contributed by atoms with Gasteiger partial charge in [-0.2, -0.15) is 10.1 Å². The van der Waals surface area contributed by atoms with Crippen LogP contribution in [0.3, 0.4) is 0 Å². The Morgan fingerprint density at radius 3 is 2.62 bits per heavy atom. The zero-order valence-electron chi connectivity index (χ0n) is 16.6. The van der Waals surface area contributed by atoms with Crippen LogP contribution < -0.4 is 9.64 Å². The number of benzene rings is 1. The van der Waals surface area contributed by atoms with E-state index in [-0.39, 0.29) is 0 Å². The van der Waals surface area contributed by atoms with Gasteiger partial charge >= 0.3 is 0 Å². The Hall–Kier alpha value is -3.68. The Morgan fingerprint density at radius 2 is 1.97 bits per heavy atom. The van der Waals surface area contributed by atoms with E-state index in [0.717, 1.165) is 34.1 Å². The van der Waals surface area contributed by atoms with E-state index >= 15 is 0 Å². The number of H-pyrrole nitrogens is 1. The molecule has 8 heteroatoms. The normalized spacial score (nSPS) is 10.9. The summed E-state index contributed by atoms with van der Waals surface area (Å²) >= 11 is 0. The first-order valence-corrected chi connectivity index (χ1v) is 9.24. The van der Waals surface area contributed by atoms with Gasteiger partial charge in [0.15, 0.2) is 5.82 Å². The minimum atomic E-state index is 0.457. The van der Waals surface area contributed by atoms with Gasteiger partial charge < -0.3 is 14.2 Å². The van der Waals surface area contributed by atoms with Crippen molar-refractivity contribution in [1.82, 2.24) is 25.3 Å². The molecule has 0 saturated carbocycles. The van der Waals surface area contributed by atoms with Crippen LogP contribution in [0, 0.1) is 6.92 Å². The van der Waals surface area contributed by atoms with Crippen LogP contribution in [0.4, 0.5) is 5.82 Å². The van der Waals surface area contributed by atoms with Crippen molar-refractivity contribution < 1.29 is 9.26 Å². The van der Waals surface area contributed by atoms with Crippen LogP contribution >= 0.6 is 0 Å². The summed E-state index contributed by atoms with van der Waals surface area (Å²) < 4.78 is 10.6. The maximum absolute atomic E-state index is 5.41. The number of ether oxygens (including phenoxy) is 1. The van der Waals surface area contributed by atoms with Gasteiger partial charge in [0.2, 0.25) is 0 Å². The van der Waals surface area contributed by atoms with Crippen molar-refractivity contribution in [2.24, 2.45) is 0 Å². The summed E-state index contributed by atoms with van der Waals surface area (Å²) in [6, 6.07) is 13.7. The van der Waals surface area contributed by atoms with Gasteiger partial charge in [-0.15, -0.1) is 0 Å². The van der Waals surface area contributed by atoms with Gasteiger partial charge in [0, 0.05) is 25.4 Å². The summed E-state index contributed by atoms with van der Waals surface area (Å²) in [5.74, 6) is 2.74. The molecule has 0 saturated heterocycles. The number of nitrogens with zero attached hydrogens (tertiary/aromatic N) is 5. The summed E-state index contributed by atoms with van der Waals surface area (Å²) in [5.41, 5.74) is 3.88. The Labute approximate surface area is 168 Å². The average molecular weight is 390 g/mol. The first-order valence-electron chi connectivity index (χ1n) is 9.24. The quantitative estimate of drug-likeness (QED) is 0.517. The molecule has 0 unspecified atom stereocenters. The van der Waals surface area contributed by atoms with E-state index in [1.165, 1.54) is 0 Å². The summed E-state index contributed by atoms with van der Waals surface area (Å²) in [7, 11) is 3.63. The van der Waals surface area contributed by atoms with Gasteiger partial charge in [-0.25, -0.2) is 4.98 Å². The highest BCUT2D eigenvalue weighted by Crippen LogP contribution is 2.21. The molecular weight excluding hydrogens is 368 g/mol. The van der Waals surface area contributed by atoms with E-state index in [2.05, 4.69) is 25.3 Å². The zero-order valence-corrected chi connectivity index (χ0v) is 16.6. The summed E-state index contributed by atoms with van der Waals surface area (Å²) in [6.45, 7) is 2.65. The van der Waals surface area contributed by atoms with Crippen LogP contribution in [0.1, 0.15) is 22.8 Å². The van der Waals surface area contributed by atoms with Crippen LogP contribution in [0.15, 0.2) is 53.2 Å². The highest BCUT2D eigenvalue weighted by atomic mass is 16.5. The Morgan fingerprint density at radius 1 is 1.14 bits per heavy atom. The van der Waals surface area contributed by atoms with Gasteiger partial charge in [0.1, 0.15) is 11.6 Å². The molecule has 4 rings (SSSR count). The molecular formula is C21H22N6O2. The number of anilines is 1. The third-order valence-electron chi connectivity index (χ3n) is 4.53. The number of aromatic amines is 1. The fourth-order valence-electron chi connectivity index (χ4n) is 2.99. The fourth-order valence-corrected chi connectivity index (χ4v) is 2.99. The minimum Gasteiger partial charge on any atom is -0.497 e. The van der Waals surface area contributed by atoms with Crippen molar-refractivity contribution in [2.45, 2.75) is 19.9 Å². The molecule has 3 heterocycles. The van der Waals surface area contributed by atoms with Crippen molar-refractivity contribution >= 4 is 5.82 Å². The number of nitrogens with one attached hydrogen (secondary N) is 1. The minimum absolute atomic E-state index is 0.457. The second-order valence-corrected chi connectivity index (χ2v) is 6.84. The average Bonchev–Trinajstić information content (AvgIpc) is 3.37. The van der Waals surface area contributed by atoms with E-state index in [1.807, 2.05) is 61.3 Å². The van der Waals surface area contributed by atoms with Crippen LogP contribution in [0.2, 0.25) is 0 Å². The van der Waals surface area contributed by atoms with Crippen molar-refractivity contribution in [3.63, 3.8) is 0 Å². The monoisotopic (exact) mass is 390 g/mol. The molecule has 3 aromatic heterocycles. The summed E-state index contributed by atoms with van der Waals surface area (Å²) in [5, 5.41) is 11.3. The highest BCUT2D eigenvalue weighted by Gasteiger charge is 2.12. The maximum atomic E-state index is 5.41. The summed E-state index contributed by atoms with van der Waals surface area (Å²) in [6.07, 6.45) is 2.33. The second-order valence-electron chi connectivity index (χ2n) is 6.84. The van der Waals surface area contributed by atoms with Crippen molar-refractivity contribution in [2.75, 3.05) is 19.1 Å². The molecule has 0 aliphatic carbocycles. The largest absolute Gasteiger partial charge is 0.497 e. The van der Waals surface area contributed by atoms with Gasteiger partial charge in [-0.1, -0.05) is 17.3 Å². The predicted octanol–water partition coefficient (Wildman–Crippen LogP) is 3.40. The standard InChI is InChI=1S/C21H22N6O2/c1-14-10-17(25-24-14)13-27(2)20-9-6-16(12-22-20)21-23-19(26-29-21)11-15-4-7-18(28-3)8-5-15/h4-10,12H,11,13H2,1-3H3,(H,24,25). The third-order valence-corrected chi connectivity index (χ3v) is 4.53. The van der Waals surface area contributed by atoms with E-state index in [4.69, 9.17) is 9.26 Å². The number of aromatic nitrogens is 5. The van der Waals surface area contributed by atoms with Crippen LogP contribution in [-0.4, -0.2) is 39.5 Å². The molecule has 0 atom stereocenters. The number of methoxy groups -OCH3 is 1. The molecule has 8 nitrogen and oxygen atoms in total. The first kappa shape index (κ1) is 18.7. The smallest absolute Gasteiger partial charge is 0.259 e. The number of rotatable bonds is 7. The second kappa shape index (κ2) is 8.14. The molecule has 0 aliphatic heterocycles. The number of hydrogen-bond acceptors (Lipinski definition) is 7. The van der Waals surface area contributed by atoms with Crippen molar-refractivity contribution in [1.29, 1.82) is 0 Å². The third kappa shape index (κ3) is 4.43. The van der Waals surface area contributed by atoms with Crippen molar-refractivity contribution in [3.8, 4) is 17.2 Å². The van der Waals surface area contributed by atoms with Gasteiger partial charge in [-0.3, -0.25) is 5.10 Å². The Balaban J connectivity index is 1.42. The highest BCUT2D eigenvalue weighted by molar-refractivity contribution is 5.54. The SMILES string of the molecule is COc1ccc(Cc2noc(-c3ccc(N(C)Cc4cc(C)[nH]n4)nc3)n2)cc1. The maximum Gasteiger partial charge on any atom is 0.259 e. The van der Waals surface area contributed by atoms with Gasteiger partial charge in [-0.05, 0) is 42.8 Å². The van der Waals surface area contributed by atoms with E-state index in [1.54, 1.807) is 13.3 Å². The molecule has 0 bridgehead atoms. The molecule has 1 N–H and O–H groups in total. The Kier molecular flexibility index (Phi) is 5.24. The number of aryl methyl sites for hydroxylation is 1. The lowest BCUT2D eigenvalue weighted by atomic mass is 10.1. The lowest BCUT2D eigenvalue weighted by molar-refractivity contribution is 0.414. The van der Waals surface area contributed by atoms with E-state index < -0.39 is 0 Å². The number of hydrogen-bond donors (Lipinski definition) is 1. The van der Waals surface area contributed by atoms with E-state index in [0.29, 0.717) is 24.7 Å². The van der Waals surface area contributed by atoms with E-state index in [9.17, 15) is 0 Å².